The Balaban J connectivity index is 1.88. The van der Waals surface area contributed by atoms with Crippen LogP contribution in [-0.4, -0.2) is 47.8 Å². The van der Waals surface area contributed by atoms with E-state index in [1.54, 1.807) is 0 Å². The summed E-state index contributed by atoms with van der Waals surface area (Å²) >= 11 is 0. The highest BCUT2D eigenvalue weighted by atomic mass is 16.5. The van der Waals surface area contributed by atoms with Gasteiger partial charge < -0.3 is 15.7 Å². The van der Waals surface area contributed by atoms with Crippen molar-refractivity contribution in [1.29, 1.82) is 0 Å². The van der Waals surface area contributed by atoms with Gasteiger partial charge >= 0.3 is 0 Å². The molecule has 1 aliphatic carbocycles. The van der Waals surface area contributed by atoms with Crippen molar-refractivity contribution >= 4 is 5.84 Å². The second-order valence-electron chi connectivity index (χ2n) is 5.72. The second kappa shape index (κ2) is 4.82. The first-order chi connectivity index (χ1) is 8.03. The van der Waals surface area contributed by atoms with Crippen LogP contribution in [0, 0.1) is 5.41 Å². The summed E-state index contributed by atoms with van der Waals surface area (Å²) in [6, 6.07) is 0. The summed E-state index contributed by atoms with van der Waals surface area (Å²) in [5, 5.41) is 11.7. The highest BCUT2D eigenvalue weighted by Crippen LogP contribution is 2.49. The molecule has 98 valence electrons. The first kappa shape index (κ1) is 12.6. The molecule has 0 radical (unpaired) electrons. The van der Waals surface area contributed by atoms with E-state index in [-0.39, 0.29) is 5.41 Å². The largest absolute Gasteiger partial charge is 0.409 e. The van der Waals surface area contributed by atoms with E-state index in [1.165, 1.54) is 12.8 Å². The third-order valence-corrected chi connectivity index (χ3v) is 3.70. The summed E-state index contributed by atoms with van der Waals surface area (Å²) in [7, 11) is 0. The van der Waals surface area contributed by atoms with Gasteiger partial charge in [0.25, 0.3) is 0 Å². The van der Waals surface area contributed by atoms with Gasteiger partial charge in [0.15, 0.2) is 0 Å². The summed E-state index contributed by atoms with van der Waals surface area (Å²) in [4.78, 5) is 2.45. The average Bonchev–Trinajstić information content (AvgIpc) is 2.95. The molecule has 17 heavy (non-hydrogen) atoms. The van der Waals surface area contributed by atoms with Gasteiger partial charge in [0.1, 0.15) is 5.84 Å². The smallest absolute Gasteiger partial charge is 0.139 e. The maximum atomic E-state index is 8.65. The zero-order valence-electron chi connectivity index (χ0n) is 10.7. The van der Waals surface area contributed by atoms with E-state index in [0.717, 1.165) is 19.6 Å². The minimum Gasteiger partial charge on any atom is -0.409 e. The Kier molecular flexibility index (Phi) is 3.58. The number of nitrogens with zero attached hydrogens (tertiary/aromatic N) is 2. The lowest BCUT2D eigenvalue weighted by molar-refractivity contribution is -0.0723. The lowest BCUT2D eigenvalue weighted by Gasteiger charge is -2.37. The van der Waals surface area contributed by atoms with Crippen molar-refractivity contribution in [3.8, 4) is 0 Å². The SMILES string of the molecule is CC1CN(CC2(CC(N)=NO)CC2)CC(C)O1. The van der Waals surface area contributed by atoms with E-state index in [4.69, 9.17) is 15.7 Å². The van der Waals surface area contributed by atoms with Gasteiger partial charge in [-0.2, -0.15) is 0 Å². The van der Waals surface area contributed by atoms with E-state index >= 15 is 0 Å². The molecule has 1 heterocycles. The van der Waals surface area contributed by atoms with Crippen LogP contribution >= 0.6 is 0 Å². The summed E-state index contributed by atoms with van der Waals surface area (Å²) in [6.45, 7) is 7.25. The number of ether oxygens (including phenoxy) is 1. The van der Waals surface area contributed by atoms with Crippen molar-refractivity contribution in [2.45, 2.75) is 45.3 Å². The lowest BCUT2D eigenvalue weighted by Crippen LogP contribution is -2.47. The van der Waals surface area contributed by atoms with E-state index in [2.05, 4.69) is 23.9 Å². The van der Waals surface area contributed by atoms with Crippen LogP contribution in [0.2, 0.25) is 0 Å². The van der Waals surface area contributed by atoms with Crippen LogP contribution < -0.4 is 5.73 Å². The van der Waals surface area contributed by atoms with E-state index in [1.807, 2.05) is 0 Å². The van der Waals surface area contributed by atoms with Crippen LogP contribution in [0.25, 0.3) is 0 Å². The zero-order valence-corrected chi connectivity index (χ0v) is 10.7. The van der Waals surface area contributed by atoms with Gasteiger partial charge in [-0.3, -0.25) is 4.90 Å². The highest BCUT2D eigenvalue weighted by Gasteiger charge is 2.45. The lowest BCUT2D eigenvalue weighted by atomic mass is 10.00. The Morgan fingerprint density at radius 3 is 2.47 bits per heavy atom. The second-order valence-corrected chi connectivity index (χ2v) is 5.72. The average molecular weight is 241 g/mol. The van der Waals surface area contributed by atoms with Crippen molar-refractivity contribution in [3.05, 3.63) is 0 Å². The minimum atomic E-state index is 0.257. The number of oxime groups is 1. The molecular weight excluding hydrogens is 218 g/mol. The summed E-state index contributed by atoms with van der Waals surface area (Å²) in [5.74, 6) is 0.358. The first-order valence-electron chi connectivity index (χ1n) is 6.37. The quantitative estimate of drug-likeness (QED) is 0.333. The van der Waals surface area contributed by atoms with Crippen LogP contribution in [0.3, 0.4) is 0 Å². The number of hydrogen-bond donors (Lipinski definition) is 2. The van der Waals surface area contributed by atoms with Crippen molar-refractivity contribution in [3.63, 3.8) is 0 Å². The van der Waals surface area contributed by atoms with Crippen LogP contribution in [0.15, 0.2) is 5.16 Å². The molecule has 0 aromatic rings. The molecule has 1 aliphatic heterocycles. The van der Waals surface area contributed by atoms with Crippen LogP contribution in [0.4, 0.5) is 0 Å². The van der Waals surface area contributed by atoms with Gasteiger partial charge in [0.05, 0.1) is 12.2 Å². The van der Waals surface area contributed by atoms with Crippen molar-refractivity contribution in [2.75, 3.05) is 19.6 Å². The number of hydrogen-bond acceptors (Lipinski definition) is 4. The molecule has 1 saturated carbocycles. The topological polar surface area (TPSA) is 71.1 Å². The first-order valence-corrected chi connectivity index (χ1v) is 6.37. The maximum absolute atomic E-state index is 8.65. The number of nitrogens with two attached hydrogens (primary N) is 1. The molecule has 2 atom stereocenters. The molecule has 0 bridgehead atoms. The Labute approximate surface area is 103 Å². The standard InChI is InChI=1S/C12H23N3O2/c1-9-6-15(7-10(2)17-9)8-12(3-4-12)5-11(13)14-16/h9-10,16H,3-8H2,1-2H3,(H2,13,14). The Bertz CT molecular complexity index is 292. The molecule has 0 spiro atoms. The normalized spacial score (nSPS) is 33.6. The zero-order chi connectivity index (χ0) is 12.5. The number of morpholine rings is 1. The number of rotatable bonds is 4. The monoisotopic (exact) mass is 241 g/mol. The summed E-state index contributed by atoms with van der Waals surface area (Å²) in [5.41, 5.74) is 5.87. The summed E-state index contributed by atoms with van der Waals surface area (Å²) < 4.78 is 5.72. The van der Waals surface area contributed by atoms with Gasteiger partial charge in [-0.1, -0.05) is 5.16 Å². The molecule has 0 aromatic heterocycles. The Hall–Kier alpha value is -0.810. The Morgan fingerprint density at radius 2 is 2.00 bits per heavy atom. The minimum absolute atomic E-state index is 0.257. The van der Waals surface area contributed by atoms with Crippen LogP contribution in [-0.2, 0) is 4.74 Å². The fourth-order valence-corrected chi connectivity index (χ4v) is 2.87. The maximum Gasteiger partial charge on any atom is 0.139 e. The molecule has 5 nitrogen and oxygen atoms in total. The molecule has 2 aliphatic rings. The van der Waals surface area contributed by atoms with Crippen molar-refractivity contribution < 1.29 is 9.94 Å². The molecular formula is C12H23N3O2. The van der Waals surface area contributed by atoms with Gasteiger partial charge in [-0.05, 0) is 32.1 Å². The third-order valence-electron chi connectivity index (χ3n) is 3.70. The molecule has 3 N–H and O–H groups in total. The molecule has 0 amide bonds. The van der Waals surface area contributed by atoms with Crippen LogP contribution in [0.1, 0.15) is 33.1 Å². The summed E-state index contributed by atoms with van der Waals surface area (Å²) in [6.07, 6.45) is 3.69. The predicted octanol–water partition coefficient (Wildman–Crippen LogP) is 1.01. The molecule has 1 saturated heterocycles. The molecule has 2 fully saturated rings. The van der Waals surface area contributed by atoms with Crippen molar-refractivity contribution in [2.24, 2.45) is 16.3 Å². The van der Waals surface area contributed by atoms with Gasteiger partial charge in [-0.25, -0.2) is 0 Å². The van der Waals surface area contributed by atoms with Gasteiger partial charge in [0.2, 0.25) is 0 Å². The highest BCUT2D eigenvalue weighted by molar-refractivity contribution is 5.80. The van der Waals surface area contributed by atoms with Crippen LogP contribution in [0.5, 0.6) is 0 Å². The molecule has 2 rings (SSSR count). The molecule has 2 unspecified atom stereocenters. The van der Waals surface area contributed by atoms with Gasteiger partial charge in [0, 0.05) is 26.1 Å². The van der Waals surface area contributed by atoms with Gasteiger partial charge in [-0.15, -0.1) is 0 Å². The predicted molar refractivity (Wildman–Crippen MR) is 66.1 cm³/mol. The van der Waals surface area contributed by atoms with E-state index in [9.17, 15) is 0 Å². The molecule has 0 aromatic carbocycles. The third kappa shape index (κ3) is 3.33. The van der Waals surface area contributed by atoms with Crippen molar-refractivity contribution in [1.82, 2.24) is 4.90 Å². The number of amidine groups is 1. The molecule has 5 heteroatoms. The fourth-order valence-electron chi connectivity index (χ4n) is 2.87. The fraction of sp³-hybridized carbons (Fsp3) is 0.917. The van der Waals surface area contributed by atoms with E-state index < -0.39 is 0 Å². The van der Waals surface area contributed by atoms with E-state index in [0.29, 0.717) is 24.5 Å². The Morgan fingerprint density at radius 1 is 1.41 bits per heavy atom.